The quantitative estimate of drug-likeness (QED) is 0.598. The minimum Gasteiger partial charge on any atom is -0.497 e. The van der Waals surface area contributed by atoms with Gasteiger partial charge in [-0.15, -0.1) is 0 Å². The van der Waals surface area contributed by atoms with Crippen LogP contribution in [-0.2, 0) is 0 Å². The number of amides is 1. The molecular formula is C13H17N3O4. The van der Waals surface area contributed by atoms with E-state index in [0.29, 0.717) is 18.2 Å². The van der Waals surface area contributed by atoms with Crippen molar-refractivity contribution >= 4 is 11.6 Å². The summed E-state index contributed by atoms with van der Waals surface area (Å²) in [6.07, 6.45) is 2.06. The van der Waals surface area contributed by atoms with Gasteiger partial charge in [0.15, 0.2) is 0 Å². The van der Waals surface area contributed by atoms with Crippen molar-refractivity contribution in [3.05, 3.63) is 33.9 Å². The second-order valence-electron chi connectivity index (χ2n) is 4.79. The van der Waals surface area contributed by atoms with E-state index in [1.807, 2.05) is 0 Å². The van der Waals surface area contributed by atoms with Gasteiger partial charge in [-0.05, 0) is 30.9 Å². The normalized spacial score (nSPS) is 15.5. The Labute approximate surface area is 116 Å². The molecule has 0 aliphatic heterocycles. The number of methoxy groups -OCH3 is 1. The number of hydrogen-bond donors (Lipinski definition) is 2. The number of hydrogen-bond acceptors (Lipinski definition) is 5. The zero-order valence-electron chi connectivity index (χ0n) is 11.2. The Bertz CT molecular complexity index is 528. The van der Waals surface area contributed by atoms with Crippen LogP contribution >= 0.6 is 0 Å². The summed E-state index contributed by atoms with van der Waals surface area (Å²) in [6.45, 7) is 0.328. The zero-order valence-corrected chi connectivity index (χ0v) is 11.2. The summed E-state index contributed by atoms with van der Waals surface area (Å²) in [6, 6.07) is 3.96. The number of nitrogens with zero attached hydrogens (tertiary/aromatic N) is 1. The molecule has 0 saturated heterocycles. The molecule has 0 spiro atoms. The van der Waals surface area contributed by atoms with Crippen molar-refractivity contribution in [2.75, 3.05) is 13.7 Å². The monoisotopic (exact) mass is 279 g/mol. The lowest BCUT2D eigenvalue weighted by molar-refractivity contribution is -0.385. The van der Waals surface area contributed by atoms with E-state index in [9.17, 15) is 14.9 Å². The number of ether oxygens (including phenoxy) is 1. The first-order chi connectivity index (χ1) is 9.56. The Kier molecular flexibility index (Phi) is 4.19. The highest BCUT2D eigenvalue weighted by molar-refractivity contribution is 5.98. The molecule has 3 N–H and O–H groups in total. The van der Waals surface area contributed by atoms with Gasteiger partial charge in [-0.1, -0.05) is 0 Å². The van der Waals surface area contributed by atoms with Gasteiger partial charge in [0.05, 0.1) is 12.0 Å². The zero-order chi connectivity index (χ0) is 14.7. The summed E-state index contributed by atoms with van der Waals surface area (Å²) >= 11 is 0. The van der Waals surface area contributed by atoms with Crippen LogP contribution in [0.15, 0.2) is 18.2 Å². The molecule has 1 fully saturated rings. The van der Waals surface area contributed by atoms with E-state index in [0.717, 1.165) is 12.8 Å². The number of rotatable bonds is 6. The molecule has 1 unspecified atom stereocenters. The van der Waals surface area contributed by atoms with Crippen molar-refractivity contribution < 1.29 is 14.5 Å². The van der Waals surface area contributed by atoms with Crippen LogP contribution in [0.4, 0.5) is 5.69 Å². The summed E-state index contributed by atoms with van der Waals surface area (Å²) in [5.41, 5.74) is 5.37. The topological polar surface area (TPSA) is 107 Å². The lowest BCUT2D eigenvalue weighted by atomic mass is 10.1. The van der Waals surface area contributed by atoms with Crippen molar-refractivity contribution in [3.63, 3.8) is 0 Å². The number of nitro benzene ring substituents is 1. The standard InChI is InChI=1S/C13H17N3O4/c1-20-9-4-5-12(16(18)19)10(6-9)13(17)15-11(7-14)8-2-3-8/h4-6,8,11H,2-3,7,14H2,1H3,(H,15,17). The molecule has 20 heavy (non-hydrogen) atoms. The van der Waals surface area contributed by atoms with Crippen LogP contribution in [0.25, 0.3) is 0 Å². The van der Waals surface area contributed by atoms with Gasteiger partial charge in [-0.25, -0.2) is 0 Å². The fourth-order valence-electron chi connectivity index (χ4n) is 2.10. The summed E-state index contributed by atoms with van der Waals surface area (Å²) in [4.78, 5) is 22.6. The Morgan fingerprint density at radius 2 is 2.30 bits per heavy atom. The van der Waals surface area contributed by atoms with Crippen LogP contribution < -0.4 is 15.8 Å². The van der Waals surface area contributed by atoms with Gasteiger partial charge in [-0.2, -0.15) is 0 Å². The summed E-state index contributed by atoms with van der Waals surface area (Å²) < 4.78 is 5.00. The van der Waals surface area contributed by atoms with Gasteiger partial charge in [-0.3, -0.25) is 14.9 Å². The molecule has 7 heteroatoms. The fraction of sp³-hybridized carbons (Fsp3) is 0.462. The molecular weight excluding hydrogens is 262 g/mol. The average Bonchev–Trinajstić information content (AvgIpc) is 3.28. The second kappa shape index (κ2) is 5.87. The van der Waals surface area contributed by atoms with Crippen LogP contribution in [0.1, 0.15) is 23.2 Å². The van der Waals surface area contributed by atoms with E-state index in [2.05, 4.69) is 5.32 Å². The van der Waals surface area contributed by atoms with E-state index in [4.69, 9.17) is 10.5 Å². The van der Waals surface area contributed by atoms with Gasteiger partial charge in [0, 0.05) is 18.7 Å². The van der Waals surface area contributed by atoms with Crippen molar-refractivity contribution in [1.82, 2.24) is 5.32 Å². The fourth-order valence-corrected chi connectivity index (χ4v) is 2.10. The summed E-state index contributed by atoms with van der Waals surface area (Å²) in [5, 5.41) is 13.8. The molecule has 0 heterocycles. The van der Waals surface area contributed by atoms with Crippen LogP contribution in [0, 0.1) is 16.0 Å². The van der Waals surface area contributed by atoms with Crippen molar-refractivity contribution in [2.24, 2.45) is 11.7 Å². The smallest absolute Gasteiger partial charge is 0.282 e. The molecule has 1 saturated carbocycles. The van der Waals surface area contributed by atoms with E-state index >= 15 is 0 Å². The van der Waals surface area contributed by atoms with Gasteiger partial charge >= 0.3 is 0 Å². The number of nitrogens with one attached hydrogen (secondary N) is 1. The molecule has 1 aliphatic rings. The van der Waals surface area contributed by atoms with Crippen LogP contribution in [0.3, 0.4) is 0 Å². The second-order valence-corrected chi connectivity index (χ2v) is 4.79. The highest BCUT2D eigenvalue weighted by Crippen LogP contribution is 2.32. The lowest BCUT2D eigenvalue weighted by Crippen LogP contribution is -2.41. The molecule has 1 aliphatic carbocycles. The first-order valence-corrected chi connectivity index (χ1v) is 6.40. The molecule has 7 nitrogen and oxygen atoms in total. The van der Waals surface area contributed by atoms with E-state index in [1.54, 1.807) is 0 Å². The lowest BCUT2D eigenvalue weighted by Gasteiger charge is -2.16. The third kappa shape index (κ3) is 3.05. The molecule has 1 aromatic rings. The molecule has 0 radical (unpaired) electrons. The van der Waals surface area contributed by atoms with Crippen LogP contribution in [0.2, 0.25) is 0 Å². The largest absolute Gasteiger partial charge is 0.497 e. The van der Waals surface area contributed by atoms with Crippen molar-refractivity contribution in [3.8, 4) is 5.75 Å². The Hall–Kier alpha value is -2.15. The van der Waals surface area contributed by atoms with Crippen molar-refractivity contribution in [2.45, 2.75) is 18.9 Å². The van der Waals surface area contributed by atoms with Gasteiger partial charge in [0.2, 0.25) is 0 Å². The maximum absolute atomic E-state index is 12.2. The number of nitrogens with two attached hydrogens (primary N) is 1. The summed E-state index contributed by atoms with van der Waals surface area (Å²) in [5.74, 6) is 0.294. The average molecular weight is 279 g/mol. The molecule has 1 amide bonds. The minimum absolute atomic E-state index is 0.00606. The van der Waals surface area contributed by atoms with Crippen molar-refractivity contribution in [1.29, 1.82) is 0 Å². The number of carbonyl (C=O) groups is 1. The third-order valence-corrected chi connectivity index (χ3v) is 3.41. The van der Waals surface area contributed by atoms with E-state index in [-0.39, 0.29) is 17.3 Å². The minimum atomic E-state index is -0.580. The summed E-state index contributed by atoms with van der Waals surface area (Å²) in [7, 11) is 1.44. The molecule has 2 rings (SSSR count). The van der Waals surface area contributed by atoms with E-state index < -0.39 is 10.8 Å². The SMILES string of the molecule is COc1ccc([N+](=O)[O-])c(C(=O)NC(CN)C2CC2)c1. The Morgan fingerprint density at radius 1 is 1.60 bits per heavy atom. The number of nitro groups is 1. The molecule has 1 atom stereocenters. The maximum Gasteiger partial charge on any atom is 0.282 e. The number of benzene rings is 1. The third-order valence-electron chi connectivity index (χ3n) is 3.41. The maximum atomic E-state index is 12.2. The molecule has 0 bridgehead atoms. The molecule has 108 valence electrons. The Balaban J connectivity index is 2.24. The van der Waals surface area contributed by atoms with E-state index in [1.165, 1.54) is 25.3 Å². The van der Waals surface area contributed by atoms with Gasteiger partial charge in [0.25, 0.3) is 11.6 Å². The van der Waals surface area contributed by atoms with Crippen LogP contribution in [-0.4, -0.2) is 30.5 Å². The first kappa shape index (κ1) is 14.3. The van der Waals surface area contributed by atoms with Gasteiger partial charge < -0.3 is 15.8 Å². The Morgan fingerprint density at radius 3 is 2.80 bits per heavy atom. The first-order valence-electron chi connectivity index (χ1n) is 6.40. The predicted octanol–water partition coefficient (Wildman–Crippen LogP) is 1.07. The van der Waals surface area contributed by atoms with Crippen LogP contribution in [0.5, 0.6) is 5.75 Å². The van der Waals surface area contributed by atoms with Gasteiger partial charge in [0.1, 0.15) is 11.3 Å². The molecule has 0 aromatic heterocycles. The highest BCUT2D eigenvalue weighted by atomic mass is 16.6. The number of carbonyl (C=O) groups excluding carboxylic acids is 1. The highest BCUT2D eigenvalue weighted by Gasteiger charge is 2.32. The predicted molar refractivity (Wildman–Crippen MR) is 72.7 cm³/mol. The molecule has 1 aromatic carbocycles.